The number of hydrogen-bond acceptors (Lipinski definition) is 1. The molecule has 0 radical (unpaired) electrons. The van der Waals surface area contributed by atoms with Gasteiger partial charge in [0.05, 0.1) is 12.2 Å². The van der Waals surface area contributed by atoms with Crippen LogP contribution in [0.15, 0.2) is 42.5 Å². The summed E-state index contributed by atoms with van der Waals surface area (Å²) in [4.78, 5) is 0. The van der Waals surface area contributed by atoms with E-state index in [9.17, 15) is 0 Å². The van der Waals surface area contributed by atoms with E-state index in [1.807, 2.05) is 0 Å². The van der Waals surface area contributed by atoms with Crippen LogP contribution < -0.4 is 0 Å². The molecular weight excluding hydrogens is 220 g/mol. The van der Waals surface area contributed by atoms with Crippen molar-refractivity contribution in [2.45, 2.75) is 45.8 Å². The molecule has 0 N–H and O–H groups in total. The maximum atomic E-state index is 6.27. The Morgan fingerprint density at radius 3 is 2.56 bits per heavy atom. The third-order valence-corrected chi connectivity index (χ3v) is 3.72. The molecule has 0 aliphatic carbocycles. The van der Waals surface area contributed by atoms with E-state index in [-0.39, 0.29) is 6.10 Å². The number of ether oxygens (including phenoxy) is 1. The zero-order chi connectivity index (χ0) is 13.1. The molecule has 0 aromatic heterocycles. The summed E-state index contributed by atoms with van der Waals surface area (Å²) in [6.07, 6.45) is 2.85. The van der Waals surface area contributed by atoms with Gasteiger partial charge in [0.1, 0.15) is 0 Å². The van der Waals surface area contributed by atoms with Crippen molar-refractivity contribution in [3.8, 4) is 0 Å². The van der Waals surface area contributed by atoms with Gasteiger partial charge in [-0.15, -0.1) is 0 Å². The van der Waals surface area contributed by atoms with E-state index in [0.717, 1.165) is 12.8 Å². The van der Waals surface area contributed by atoms with Crippen LogP contribution in [-0.2, 0) is 4.74 Å². The zero-order valence-corrected chi connectivity index (χ0v) is 11.7. The molecule has 2 rings (SSSR count). The largest absolute Gasteiger partial charge is 0.370 e. The average molecular weight is 244 g/mol. The maximum absolute atomic E-state index is 6.27. The van der Waals surface area contributed by atoms with Crippen LogP contribution in [0.4, 0.5) is 0 Å². The standard InChI is InChI=1S/C17H24O/c1-12(2)10-15-11-16(13(3)4)17(18-15)14-8-6-5-7-9-14/h5-9,12,15-17H,3,10-11H2,1-2,4H3/t15-,16-,17-/m0/s1. The molecule has 0 bridgehead atoms. The van der Waals surface area contributed by atoms with Gasteiger partial charge in [-0.05, 0) is 31.2 Å². The van der Waals surface area contributed by atoms with E-state index >= 15 is 0 Å². The summed E-state index contributed by atoms with van der Waals surface area (Å²) in [7, 11) is 0. The van der Waals surface area contributed by atoms with Gasteiger partial charge >= 0.3 is 0 Å². The summed E-state index contributed by atoms with van der Waals surface area (Å²) >= 11 is 0. The second kappa shape index (κ2) is 5.71. The fraction of sp³-hybridized carbons (Fsp3) is 0.529. The molecule has 1 saturated heterocycles. The van der Waals surface area contributed by atoms with Crippen LogP contribution in [-0.4, -0.2) is 6.10 Å². The first-order valence-electron chi connectivity index (χ1n) is 6.93. The van der Waals surface area contributed by atoms with Crippen LogP contribution in [0.3, 0.4) is 0 Å². The third-order valence-electron chi connectivity index (χ3n) is 3.72. The van der Waals surface area contributed by atoms with Gasteiger partial charge in [-0.2, -0.15) is 0 Å². The SMILES string of the molecule is C=C(C)[C@@H]1C[C@H](CC(C)C)O[C@H]1c1ccccc1. The van der Waals surface area contributed by atoms with Gasteiger partial charge in [-0.3, -0.25) is 0 Å². The van der Waals surface area contributed by atoms with E-state index in [2.05, 4.69) is 57.7 Å². The maximum Gasteiger partial charge on any atom is 0.0894 e. The second-order valence-electron chi connectivity index (χ2n) is 5.91. The number of hydrogen-bond donors (Lipinski definition) is 0. The van der Waals surface area contributed by atoms with Crippen molar-refractivity contribution in [3.63, 3.8) is 0 Å². The molecule has 1 aliphatic rings. The van der Waals surface area contributed by atoms with Crippen molar-refractivity contribution in [1.82, 2.24) is 0 Å². The molecule has 0 saturated carbocycles. The Hall–Kier alpha value is -1.08. The average Bonchev–Trinajstić information content (AvgIpc) is 2.73. The van der Waals surface area contributed by atoms with E-state index in [1.165, 1.54) is 11.1 Å². The molecule has 0 spiro atoms. The molecule has 1 heteroatoms. The summed E-state index contributed by atoms with van der Waals surface area (Å²) < 4.78 is 6.27. The quantitative estimate of drug-likeness (QED) is 0.694. The van der Waals surface area contributed by atoms with Crippen molar-refractivity contribution < 1.29 is 4.74 Å². The molecular formula is C17H24O. The fourth-order valence-corrected chi connectivity index (χ4v) is 2.86. The van der Waals surface area contributed by atoms with Crippen molar-refractivity contribution in [1.29, 1.82) is 0 Å². The third kappa shape index (κ3) is 3.02. The molecule has 1 aromatic carbocycles. The van der Waals surface area contributed by atoms with Gasteiger partial charge in [0.2, 0.25) is 0 Å². The highest BCUT2D eigenvalue weighted by atomic mass is 16.5. The molecule has 1 nitrogen and oxygen atoms in total. The van der Waals surface area contributed by atoms with Crippen LogP contribution in [0.1, 0.15) is 45.3 Å². The van der Waals surface area contributed by atoms with Crippen molar-refractivity contribution in [2.75, 3.05) is 0 Å². The first-order valence-corrected chi connectivity index (χ1v) is 6.93. The van der Waals surface area contributed by atoms with Gasteiger partial charge in [0, 0.05) is 5.92 Å². The van der Waals surface area contributed by atoms with E-state index in [0.29, 0.717) is 17.9 Å². The highest BCUT2D eigenvalue weighted by Gasteiger charge is 2.36. The Labute approximate surface area is 111 Å². The van der Waals surface area contributed by atoms with Crippen molar-refractivity contribution in [2.24, 2.45) is 11.8 Å². The second-order valence-corrected chi connectivity index (χ2v) is 5.91. The Morgan fingerprint density at radius 1 is 1.33 bits per heavy atom. The van der Waals surface area contributed by atoms with Crippen LogP contribution in [0.5, 0.6) is 0 Å². The number of benzene rings is 1. The topological polar surface area (TPSA) is 9.23 Å². The van der Waals surface area contributed by atoms with E-state index in [4.69, 9.17) is 4.74 Å². The lowest BCUT2D eigenvalue weighted by atomic mass is 9.88. The molecule has 0 unspecified atom stereocenters. The summed E-state index contributed by atoms with van der Waals surface area (Å²) in [5.74, 6) is 1.16. The highest BCUT2D eigenvalue weighted by Crippen LogP contribution is 2.43. The van der Waals surface area contributed by atoms with Crippen LogP contribution >= 0.6 is 0 Å². The normalized spacial score (nSPS) is 27.7. The first-order chi connectivity index (χ1) is 8.58. The molecule has 0 amide bonds. The monoisotopic (exact) mass is 244 g/mol. The Balaban J connectivity index is 2.15. The van der Waals surface area contributed by atoms with Crippen LogP contribution in [0.25, 0.3) is 0 Å². The molecule has 18 heavy (non-hydrogen) atoms. The predicted molar refractivity (Wildman–Crippen MR) is 76.4 cm³/mol. The van der Waals surface area contributed by atoms with Gasteiger partial charge < -0.3 is 4.74 Å². The first kappa shape index (κ1) is 13.4. The minimum absolute atomic E-state index is 0.201. The van der Waals surface area contributed by atoms with Crippen LogP contribution in [0.2, 0.25) is 0 Å². The minimum Gasteiger partial charge on any atom is -0.370 e. The molecule has 1 aromatic rings. The lowest BCUT2D eigenvalue weighted by Gasteiger charge is -2.19. The summed E-state index contributed by atoms with van der Waals surface area (Å²) in [6.45, 7) is 10.8. The van der Waals surface area contributed by atoms with Gasteiger partial charge in [0.25, 0.3) is 0 Å². The Kier molecular flexibility index (Phi) is 4.23. The van der Waals surface area contributed by atoms with Gasteiger partial charge in [-0.1, -0.05) is 56.3 Å². The summed E-state index contributed by atoms with van der Waals surface area (Å²) in [6, 6.07) is 10.6. The lowest BCUT2D eigenvalue weighted by molar-refractivity contribution is 0.0267. The van der Waals surface area contributed by atoms with Gasteiger partial charge in [0.15, 0.2) is 0 Å². The van der Waals surface area contributed by atoms with Crippen molar-refractivity contribution >= 4 is 0 Å². The van der Waals surface area contributed by atoms with E-state index < -0.39 is 0 Å². The molecule has 1 heterocycles. The molecule has 1 aliphatic heterocycles. The minimum atomic E-state index is 0.201. The van der Waals surface area contributed by atoms with Crippen molar-refractivity contribution in [3.05, 3.63) is 48.0 Å². The number of rotatable bonds is 4. The molecule has 1 fully saturated rings. The lowest BCUT2D eigenvalue weighted by Crippen LogP contribution is -2.09. The molecule has 98 valence electrons. The fourth-order valence-electron chi connectivity index (χ4n) is 2.86. The molecule has 3 atom stereocenters. The Bertz CT molecular complexity index is 393. The summed E-state index contributed by atoms with van der Waals surface area (Å²) in [5, 5.41) is 0. The van der Waals surface area contributed by atoms with Crippen LogP contribution in [0, 0.1) is 11.8 Å². The van der Waals surface area contributed by atoms with Gasteiger partial charge in [-0.25, -0.2) is 0 Å². The zero-order valence-electron chi connectivity index (χ0n) is 11.7. The smallest absolute Gasteiger partial charge is 0.0894 e. The summed E-state index contributed by atoms with van der Waals surface area (Å²) in [5.41, 5.74) is 2.53. The highest BCUT2D eigenvalue weighted by molar-refractivity contribution is 5.22. The predicted octanol–water partition coefficient (Wildman–Crippen LogP) is 4.76. The van der Waals surface area contributed by atoms with E-state index in [1.54, 1.807) is 0 Å². The Morgan fingerprint density at radius 2 is 2.00 bits per heavy atom.